The Kier molecular flexibility index (Phi) is 4.59. The van der Waals surface area contributed by atoms with Gasteiger partial charge in [0.2, 0.25) is 15.9 Å². The van der Waals surface area contributed by atoms with Gasteiger partial charge in [-0.3, -0.25) is 9.59 Å². The second-order valence-corrected chi connectivity index (χ2v) is 8.14. The van der Waals surface area contributed by atoms with Crippen LogP contribution in [0, 0.1) is 11.8 Å². The van der Waals surface area contributed by atoms with Gasteiger partial charge in [0.05, 0.1) is 10.8 Å². The number of hydrogen-bond donors (Lipinski definition) is 2. The first kappa shape index (κ1) is 16.9. The van der Waals surface area contributed by atoms with E-state index in [1.165, 1.54) is 18.2 Å². The summed E-state index contributed by atoms with van der Waals surface area (Å²) in [6.45, 7) is 1.74. The van der Waals surface area contributed by atoms with Crippen LogP contribution in [-0.4, -0.2) is 42.8 Å². The number of primary amides is 1. The molecule has 2 atom stereocenters. The van der Waals surface area contributed by atoms with Gasteiger partial charge in [0.25, 0.3) is 0 Å². The lowest BCUT2D eigenvalue weighted by Crippen LogP contribution is -2.30. The summed E-state index contributed by atoms with van der Waals surface area (Å²) >= 11 is 3.14. The molecule has 0 spiro atoms. The maximum absolute atomic E-state index is 12.6. The highest BCUT2D eigenvalue weighted by atomic mass is 79.9. The second kappa shape index (κ2) is 5.98. The molecule has 1 heterocycles. The number of hydrogen-bond acceptors (Lipinski definition) is 4. The molecule has 1 aliphatic heterocycles. The van der Waals surface area contributed by atoms with E-state index in [9.17, 15) is 18.0 Å². The summed E-state index contributed by atoms with van der Waals surface area (Å²) < 4.78 is 26.8. The van der Waals surface area contributed by atoms with Gasteiger partial charge in [-0.2, -0.15) is 4.31 Å². The van der Waals surface area contributed by atoms with Gasteiger partial charge in [-0.15, -0.1) is 0 Å². The van der Waals surface area contributed by atoms with E-state index in [0.29, 0.717) is 4.47 Å². The summed E-state index contributed by atoms with van der Waals surface area (Å²) in [6, 6.07) is 3.98. The fourth-order valence-corrected chi connectivity index (χ4v) is 4.73. The van der Waals surface area contributed by atoms with Crippen LogP contribution in [0.1, 0.15) is 17.3 Å². The Bertz CT molecular complexity index is 734. The fourth-order valence-electron chi connectivity index (χ4n) is 2.44. The lowest BCUT2D eigenvalue weighted by molar-refractivity contribution is -0.142. The number of halogens is 1. The zero-order valence-electron chi connectivity index (χ0n) is 11.7. The predicted octanol–water partition coefficient (Wildman–Crippen LogP) is 0.889. The Morgan fingerprint density at radius 1 is 1.32 bits per heavy atom. The average Bonchev–Trinajstić information content (AvgIpc) is 2.81. The molecule has 1 aromatic rings. The molecular weight excluding hydrogens is 376 g/mol. The molecule has 22 heavy (non-hydrogen) atoms. The molecule has 120 valence electrons. The lowest BCUT2D eigenvalue weighted by Gasteiger charge is -2.16. The van der Waals surface area contributed by atoms with Gasteiger partial charge in [0.15, 0.2) is 0 Å². The van der Waals surface area contributed by atoms with Crippen molar-refractivity contribution in [1.82, 2.24) is 4.31 Å². The summed E-state index contributed by atoms with van der Waals surface area (Å²) in [5.74, 6) is -2.78. The maximum atomic E-state index is 12.6. The highest BCUT2D eigenvalue weighted by Gasteiger charge is 2.40. The molecule has 2 rings (SSSR count). The number of nitrogens with two attached hydrogens (primary N) is 1. The minimum atomic E-state index is -3.88. The van der Waals surface area contributed by atoms with Gasteiger partial charge in [-0.25, -0.2) is 8.42 Å². The maximum Gasteiger partial charge on any atom is 0.308 e. The molecule has 1 fully saturated rings. The van der Waals surface area contributed by atoms with Crippen molar-refractivity contribution < 1.29 is 23.1 Å². The van der Waals surface area contributed by atoms with Crippen LogP contribution in [0.2, 0.25) is 0 Å². The van der Waals surface area contributed by atoms with Crippen LogP contribution in [0.15, 0.2) is 27.6 Å². The molecule has 1 aliphatic rings. The Hall–Kier alpha value is -1.45. The third-order valence-electron chi connectivity index (χ3n) is 3.69. The van der Waals surface area contributed by atoms with Crippen LogP contribution in [0.3, 0.4) is 0 Å². The van der Waals surface area contributed by atoms with E-state index in [1.807, 2.05) is 0 Å². The van der Waals surface area contributed by atoms with Crippen molar-refractivity contribution in [3.8, 4) is 0 Å². The monoisotopic (exact) mass is 390 g/mol. The number of carbonyl (C=O) groups is 2. The number of carboxylic acids is 1. The minimum absolute atomic E-state index is 0.0648. The molecule has 0 saturated carbocycles. The normalized spacial score (nSPS) is 22.6. The SMILES string of the molecule is C[C@@H]1CN(S(=O)(=O)c2cc(Br)cc(C(N)=O)c2)C[C@H]1C(=O)O. The fraction of sp³-hybridized carbons (Fsp3) is 0.385. The third kappa shape index (κ3) is 3.16. The van der Waals surface area contributed by atoms with E-state index in [4.69, 9.17) is 10.8 Å². The summed E-state index contributed by atoms with van der Waals surface area (Å²) in [5, 5.41) is 9.11. The van der Waals surface area contributed by atoms with Crippen LogP contribution in [0.25, 0.3) is 0 Å². The van der Waals surface area contributed by atoms with Crippen LogP contribution in [0.5, 0.6) is 0 Å². The average molecular weight is 391 g/mol. The van der Waals surface area contributed by atoms with Gasteiger partial charge >= 0.3 is 5.97 Å². The molecule has 7 nitrogen and oxygen atoms in total. The smallest absolute Gasteiger partial charge is 0.308 e. The number of nitrogens with zero attached hydrogens (tertiary/aromatic N) is 1. The summed E-state index contributed by atoms with van der Waals surface area (Å²) in [6.07, 6.45) is 0. The molecule has 0 unspecified atom stereocenters. The van der Waals surface area contributed by atoms with Crippen molar-refractivity contribution in [2.45, 2.75) is 11.8 Å². The molecule has 0 bridgehead atoms. The van der Waals surface area contributed by atoms with Crippen molar-refractivity contribution in [2.75, 3.05) is 13.1 Å². The van der Waals surface area contributed by atoms with Crippen LogP contribution < -0.4 is 5.73 Å². The predicted molar refractivity (Wildman–Crippen MR) is 81.7 cm³/mol. The topological polar surface area (TPSA) is 118 Å². The lowest BCUT2D eigenvalue weighted by atomic mass is 9.99. The molecule has 9 heteroatoms. The van der Waals surface area contributed by atoms with Crippen molar-refractivity contribution in [3.05, 3.63) is 28.2 Å². The first-order valence-corrected chi connectivity index (χ1v) is 8.69. The Labute approximate surface area is 136 Å². The molecule has 0 radical (unpaired) electrons. The van der Waals surface area contributed by atoms with Gasteiger partial charge in [-0.05, 0) is 24.1 Å². The van der Waals surface area contributed by atoms with E-state index in [1.54, 1.807) is 6.92 Å². The van der Waals surface area contributed by atoms with Crippen LogP contribution >= 0.6 is 15.9 Å². The second-order valence-electron chi connectivity index (χ2n) is 5.28. The van der Waals surface area contributed by atoms with Crippen LogP contribution in [0.4, 0.5) is 0 Å². The number of rotatable bonds is 4. The van der Waals surface area contributed by atoms with Crippen molar-refractivity contribution in [1.29, 1.82) is 0 Å². The summed E-state index contributed by atoms with van der Waals surface area (Å²) in [5.41, 5.74) is 5.25. The van der Waals surface area contributed by atoms with E-state index in [2.05, 4.69) is 15.9 Å². The number of carbonyl (C=O) groups excluding carboxylic acids is 1. The van der Waals surface area contributed by atoms with Gasteiger partial charge in [0.1, 0.15) is 0 Å². The Morgan fingerprint density at radius 2 is 1.95 bits per heavy atom. The quantitative estimate of drug-likeness (QED) is 0.791. The zero-order chi connectivity index (χ0) is 16.7. The molecule has 3 N–H and O–H groups in total. The van der Waals surface area contributed by atoms with E-state index in [0.717, 1.165) is 4.31 Å². The van der Waals surface area contributed by atoms with E-state index >= 15 is 0 Å². The summed E-state index contributed by atoms with van der Waals surface area (Å²) in [7, 11) is -3.88. The molecule has 0 aliphatic carbocycles. The molecule has 1 saturated heterocycles. The summed E-state index contributed by atoms with van der Waals surface area (Å²) in [4.78, 5) is 22.3. The highest BCUT2D eigenvalue weighted by molar-refractivity contribution is 9.10. The van der Waals surface area contributed by atoms with Gasteiger partial charge < -0.3 is 10.8 Å². The minimum Gasteiger partial charge on any atom is -0.481 e. The standard InChI is InChI=1S/C13H15BrN2O5S/c1-7-5-16(6-11(7)13(18)19)22(20,21)10-3-8(12(15)17)2-9(14)4-10/h2-4,7,11H,5-6H2,1H3,(H2,15,17)(H,18,19)/t7-,11-/m1/s1. The Morgan fingerprint density at radius 3 is 2.45 bits per heavy atom. The third-order valence-corrected chi connectivity index (χ3v) is 5.96. The van der Waals surface area contributed by atoms with E-state index < -0.39 is 27.8 Å². The molecular formula is C13H15BrN2O5S. The first-order chi connectivity index (χ1) is 10.1. The zero-order valence-corrected chi connectivity index (χ0v) is 14.1. The van der Waals surface area contributed by atoms with Gasteiger partial charge in [0, 0.05) is 23.1 Å². The van der Waals surface area contributed by atoms with Crippen molar-refractivity contribution in [2.24, 2.45) is 17.6 Å². The van der Waals surface area contributed by atoms with E-state index in [-0.39, 0.29) is 29.5 Å². The van der Waals surface area contributed by atoms with Crippen LogP contribution in [-0.2, 0) is 14.8 Å². The van der Waals surface area contributed by atoms with Crippen molar-refractivity contribution in [3.63, 3.8) is 0 Å². The number of carboxylic acid groups (broad SMARTS) is 1. The molecule has 1 amide bonds. The Balaban J connectivity index is 2.40. The highest BCUT2D eigenvalue weighted by Crippen LogP contribution is 2.30. The number of benzene rings is 1. The van der Waals surface area contributed by atoms with Gasteiger partial charge in [-0.1, -0.05) is 22.9 Å². The number of sulfonamides is 1. The molecule has 1 aromatic carbocycles. The number of aliphatic carboxylic acids is 1. The molecule has 0 aromatic heterocycles. The van der Waals surface area contributed by atoms with Crippen molar-refractivity contribution >= 4 is 37.8 Å². The first-order valence-electron chi connectivity index (χ1n) is 6.46. The largest absolute Gasteiger partial charge is 0.481 e. The number of amides is 1.